The second kappa shape index (κ2) is 8.68. The maximum absolute atomic E-state index is 13.1. The monoisotopic (exact) mass is 479 g/mol. The molecule has 2 aromatic rings. The van der Waals surface area contributed by atoms with Gasteiger partial charge in [0, 0.05) is 55.7 Å². The smallest absolute Gasteiger partial charge is 0.386 e. The zero-order valence-electron chi connectivity index (χ0n) is 19.3. The minimum atomic E-state index is -4.71. The van der Waals surface area contributed by atoms with Gasteiger partial charge in [0.1, 0.15) is 5.56 Å². The minimum absolute atomic E-state index is 0.00201. The highest BCUT2D eigenvalue weighted by Gasteiger charge is 2.41. The maximum atomic E-state index is 13.1. The SMILES string of the molecule is C[C@H]1CN(c2ncc(C(C)(C)O)cn2)CCN1C(=O)C1CC(c2c[nH]c(=O)c(C(F)(F)F)c2)C1. The number of amides is 1. The van der Waals surface area contributed by atoms with E-state index in [4.69, 9.17) is 0 Å². The lowest BCUT2D eigenvalue weighted by molar-refractivity contribution is -0.142. The van der Waals surface area contributed by atoms with Crippen LogP contribution in [-0.2, 0) is 16.6 Å². The molecule has 3 heterocycles. The summed E-state index contributed by atoms with van der Waals surface area (Å²) in [6.45, 7) is 6.88. The zero-order chi connectivity index (χ0) is 24.8. The third-order valence-corrected chi connectivity index (χ3v) is 6.73. The van der Waals surface area contributed by atoms with Crippen LogP contribution in [0.3, 0.4) is 0 Å². The summed E-state index contributed by atoms with van der Waals surface area (Å²) in [5.74, 6) is 0.102. The van der Waals surface area contributed by atoms with Gasteiger partial charge >= 0.3 is 6.18 Å². The van der Waals surface area contributed by atoms with Crippen molar-refractivity contribution in [3.05, 3.63) is 51.7 Å². The van der Waals surface area contributed by atoms with Crippen LogP contribution in [-0.4, -0.2) is 56.5 Å². The molecule has 2 aliphatic rings. The molecule has 0 bridgehead atoms. The number of hydrogen-bond donors (Lipinski definition) is 2. The number of halogens is 3. The number of piperazine rings is 1. The summed E-state index contributed by atoms with van der Waals surface area (Å²) >= 11 is 0. The van der Waals surface area contributed by atoms with Gasteiger partial charge in [-0.05, 0) is 51.2 Å². The molecule has 1 amide bonds. The van der Waals surface area contributed by atoms with Crippen LogP contribution >= 0.6 is 0 Å². The first-order valence-electron chi connectivity index (χ1n) is 11.2. The highest BCUT2D eigenvalue weighted by atomic mass is 19.4. The fourth-order valence-corrected chi connectivity index (χ4v) is 4.54. The summed E-state index contributed by atoms with van der Waals surface area (Å²) < 4.78 is 39.1. The summed E-state index contributed by atoms with van der Waals surface area (Å²) in [4.78, 5) is 39.2. The number of carbonyl (C=O) groups excluding carboxylic acids is 1. The molecule has 34 heavy (non-hydrogen) atoms. The van der Waals surface area contributed by atoms with E-state index in [1.54, 1.807) is 26.2 Å². The molecule has 2 aromatic heterocycles. The molecule has 0 unspecified atom stereocenters. The number of anilines is 1. The molecule has 1 aliphatic carbocycles. The lowest BCUT2D eigenvalue weighted by Gasteiger charge is -2.44. The second-order valence-electron chi connectivity index (χ2n) is 9.70. The Morgan fingerprint density at radius 2 is 1.82 bits per heavy atom. The Balaban J connectivity index is 1.35. The Bertz CT molecular complexity index is 1100. The van der Waals surface area contributed by atoms with Gasteiger partial charge in [0.15, 0.2) is 0 Å². The lowest BCUT2D eigenvalue weighted by atomic mass is 9.71. The van der Waals surface area contributed by atoms with Gasteiger partial charge < -0.3 is 19.9 Å². The molecule has 4 rings (SSSR count). The standard InChI is InChI=1S/C23H28F3N5O3/c1-13-12-30(21-28-10-17(11-29-21)22(2,3)34)4-5-31(13)20(33)15-6-14(7-15)16-8-18(23(24,25)26)19(32)27-9-16/h8-11,13-15,34H,4-7,12H2,1-3H3,(H,27,32)/t13-,14?,15?/m0/s1. The Morgan fingerprint density at radius 3 is 2.38 bits per heavy atom. The van der Waals surface area contributed by atoms with Gasteiger partial charge in [-0.1, -0.05) is 0 Å². The van der Waals surface area contributed by atoms with Crippen molar-refractivity contribution in [1.29, 1.82) is 0 Å². The van der Waals surface area contributed by atoms with E-state index in [9.17, 15) is 27.9 Å². The fraction of sp³-hybridized carbons (Fsp3) is 0.565. The molecule has 8 nitrogen and oxygen atoms in total. The van der Waals surface area contributed by atoms with Crippen LogP contribution < -0.4 is 10.5 Å². The predicted octanol–water partition coefficient (Wildman–Crippen LogP) is 2.64. The largest absolute Gasteiger partial charge is 0.421 e. The third-order valence-electron chi connectivity index (χ3n) is 6.73. The molecule has 1 saturated carbocycles. The maximum Gasteiger partial charge on any atom is 0.421 e. The van der Waals surface area contributed by atoms with E-state index in [-0.39, 0.29) is 23.8 Å². The van der Waals surface area contributed by atoms with E-state index >= 15 is 0 Å². The molecule has 1 aliphatic heterocycles. The summed E-state index contributed by atoms with van der Waals surface area (Å²) in [5, 5.41) is 10.1. The predicted molar refractivity (Wildman–Crippen MR) is 118 cm³/mol. The van der Waals surface area contributed by atoms with Crippen molar-refractivity contribution < 1.29 is 23.1 Å². The van der Waals surface area contributed by atoms with Crippen LogP contribution in [0.2, 0.25) is 0 Å². The average Bonchev–Trinajstić information content (AvgIpc) is 2.72. The number of pyridine rings is 1. The second-order valence-corrected chi connectivity index (χ2v) is 9.70. The lowest BCUT2D eigenvalue weighted by Crippen LogP contribution is -2.56. The Labute approximate surface area is 194 Å². The first kappa shape index (κ1) is 24.2. The van der Waals surface area contributed by atoms with E-state index < -0.39 is 22.9 Å². The number of aliphatic hydroxyl groups is 1. The molecule has 2 N–H and O–H groups in total. The number of nitrogens with zero attached hydrogens (tertiary/aromatic N) is 4. The van der Waals surface area contributed by atoms with Crippen molar-refractivity contribution in [2.75, 3.05) is 24.5 Å². The van der Waals surface area contributed by atoms with Crippen molar-refractivity contribution in [3.8, 4) is 0 Å². The van der Waals surface area contributed by atoms with Crippen LogP contribution in [0.4, 0.5) is 19.1 Å². The van der Waals surface area contributed by atoms with Gasteiger partial charge in [-0.3, -0.25) is 9.59 Å². The molecule has 1 atom stereocenters. The Kier molecular flexibility index (Phi) is 6.17. The zero-order valence-corrected chi connectivity index (χ0v) is 19.3. The van der Waals surface area contributed by atoms with E-state index in [0.29, 0.717) is 49.6 Å². The number of alkyl halides is 3. The number of nitrogens with one attached hydrogen (secondary N) is 1. The van der Waals surface area contributed by atoms with Crippen molar-refractivity contribution >= 4 is 11.9 Å². The number of rotatable bonds is 4. The first-order chi connectivity index (χ1) is 15.8. The van der Waals surface area contributed by atoms with Crippen LogP contribution in [0.5, 0.6) is 0 Å². The van der Waals surface area contributed by atoms with Crippen molar-refractivity contribution in [2.45, 2.75) is 57.3 Å². The van der Waals surface area contributed by atoms with E-state index in [2.05, 4.69) is 15.0 Å². The number of hydrogen-bond acceptors (Lipinski definition) is 6. The summed E-state index contributed by atoms with van der Waals surface area (Å²) in [6.07, 6.45) is 0.705. The summed E-state index contributed by atoms with van der Waals surface area (Å²) in [6, 6.07) is 0.817. The molecular formula is C23H28F3N5O3. The molecule has 0 aromatic carbocycles. The minimum Gasteiger partial charge on any atom is -0.386 e. The van der Waals surface area contributed by atoms with Crippen LogP contribution in [0.25, 0.3) is 0 Å². The molecule has 1 saturated heterocycles. The molecule has 184 valence electrons. The number of aromatic nitrogens is 3. The topological polar surface area (TPSA) is 102 Å². The molecule has 2 fully saturated rings. The van der Waals surface area contributed by atoms with Crippen LogP contribution in [0.1, 0.15) is 56.2 Å². The molecule has 0 radical (unpaired) electrons. The normalized spacial score (nSPS) is 23.6. The van der Waals surface area contributed by atoms with Crippen molar-refractivity contribution in [2.24, 2.45) is 5.92 Å². The molecule has 0 spiro atoms. The van der Waals surface area contributed by atoms with Gasteiger partial charge in [0.05, 0.1) is 5.60 Å². The van der Waals surface area contributed by atoms with Crippen molar-refractivity contribution in [1.82, 2.24) is 19.9 Å². The fourth-order valence-electron chi connectivity index (χ4n) is 4.54. The quantitative estimate of drug-likeness (QED) is 0.699. The van der Waals surface area contributed by atoms with Crippen LogP contribution in [0.15, 0.2) is 29.5 Å². The summed E-state index contributed by atoms with van der Waals surface area (Å²) in [5.41, 5.74) is -2.38. The number of aromatic amines is 1. The number of carbonyl (C=O) groups is 1. The van der Waals surface area contributed by atoms with Gasteiger partial charge in [-0.25, -0.2) is 9.97 Å². The van der Waals surface area contributed by atoms with Gasteiger partial charge in [0.2, 0.25) is 11.9 Å². The number of H-pyrrole nitrogens is 1. The molecule has 11 heteroatoms. The van der Waals surface area contributed by atoms with E-state index in [0.717, 1.165) is 6.07 Å². The Hall–Kier alpha value is -2.95. The van der Waals surface area contributed by atoms with E-state index in [1.165, 1.54) is 6.20 Å². The average molecular weight is 480 g/mol. The van der Waals surface area contributed by atoms with Gasteiger partial charge in [-0.15, -0.1) is 0 Å². The van der Waals surface area contributed by atoms with Gasteiger partial charge in [-0.2, -0.15) is 13.2 Å². The van der Waals surface area contributed by atoms with Crippen molar-refractivity contribution in [3.63, 3.8) is 0 Å². The van der Waals surface area contributed by atoms with E-state index in [1.807, 2.05) is 16.7 Å². The highest BCUT2D eigenvalue weighted by Crippen LogP contribution is 2.43. The third kappa shape index (κ3) is 4.79. The van der Waals surface area contributed by atoms with Gasteiger partial charge in [0.25, 0.3) is 5.56 Å². The Morgan fingerprint density at radius 1 is 1.18 bits per heavy atom. The highest BCUT2D eigenvalue weighted by molar-refractivity contribution is 5.80. The van der Waals surface area contributed by atoms with Crippen LogP contribution in [0, 0.1) is 5.92 Å². The first-order valence-corrected chi connectivity index (χ1v) is 11.2. The summed E-state index contributed by atoms with van der Waals surface area (Å²) in [7, 11) is 0. The molecular weight excluding hydrogens is 451 g/mol.